The van der Waals surface area contributed by atoms with Gasteiger partial charge in [-0.15, -0.1) is 0 Å². The van der Waals surface area contributed by atoms with Gasteiger partial charge in [-0.05, 0) is 43.0 Å². The molecule has 1 atom stereocenters. The summed E-state index contributed by atoms with van der Waals surface area (Å²) in [5.74, 6) is 3.05. The third-order valence-corrected chi connectivity index (χ3v) is 4.68. The van der Waals surface area contributed by atoms with Gasteiger partial charge < -0.3 is 24.8 Å². The highest BCUT2D eigenvalue weighted by Crippen LogP contribution is 2.38. The number of nitrogens with zero attached hydrogens (tertiary/aromatic N) is 1. The number of ether oxygens (including phenoxy) is 3. The highest BCUT2D eigenvalue weighted by molar-refractivity contribution is 5.79. The van der Waals surface area contributed by atoms with Crippen LogP contribution in [-0.4, -0.2) is 40.4 Å². The van der Waals surface area contributed by atoms with E-state index in [1.807, 2.05) is 19.1 Å². The summed E-state index contributed by atoms with van der Waals surface area (Å²) in [6.45, 7) is 8.17. The Morgan fingerprint density at radius 3 is 2.31 bits per heavy atom. The third kappa shape index (κ3) is 6.31. The summed E-state index contributed by atoms with van der Waals surface area (Å²) in [6.07, 6.45) is 0. The number of guanidine groups is 1. The average molecular weight is 400 g/mol. The highest BCUT2D eigenvalue weighted by atomic mass is 16.5. The van der Waals surface area contributed by atoms with Crippen LogP contribution in [0.3, 0.4) is 0 Å². The van der Waals surface area contributed by atoms with E-state index in [0.717, 1.165) is 18.1 Å². The van der Waals surface area contributed by atoms with Gasteiger partial charge in [0.05, 0.1) is 20.8 Å². The molecule has 2 aromatic rings. The number of aryl methyl sites for hydroxylation is 1. The van der Waals surface area contributed by atoms with Gasteiger partial charge in [-0.1, -0.05) is 36.8 Å². The van der Waals surface area contributed by atoms with E-state index in [4.69, 9.17) is 14.2 Å². The largest absolute Gasteiger partial charge is 0.493 e. The van der Waals surface area contributed by atoms with Gasteiger partial charge in [0.1, 0.15) is 0 Å². The maximum Gasteiger partial charge on any atom is 0.203 e. The minimum Gasteiger partial charge on any atom is -0.493 e. The molecular weight excluding hydrogens is 366 g/mol. The van der Waals surface area contributed by atoms with Crippen molar-refractivity contribution in [3.05, 3.63) is 53.1 Å². The fourth-order valence-corrected chi connectivity index (χ4v) is 3.07. The lowest BCUT2D eigenvalue weighted by molar-refractivity contribution is 0.288. The number of hydrogen-bond acceptors (Lipinski definition) is 4. The Morgan fingerprint density at radius 1 is 1.07 bits per heavy atom. The number of benzene rings is 2. The molecule has 0 aliphatic heterocycles. The van der Waals surface area contributed by atoms with Gasteiger partial charge in [-0.2, -0.15) is 0 Å². The molecule has 0 heterocycles. The highest BCUT2D eigenvalue weighted by Gasteiger charge is 2.14. The Morgan fingerprint density at radius 2 is 1.76 bits per heavy atom. The smallest absolute Gasteiger partial charge is 0.203 e. The van der Waals surface area contributed by atoms with Crippen molar-refractivity contribution in [2.24, 2.45) is 4.99 Å². The monoisotopic (exact) mass is 399 g/mol. The van der Waals surface area contributed by atoms with Crippen LogP contribution in [0.1, 0.15) is 36.5 Å². The summed E-state index contributed by atoms with van der Waals surface area (Å²) >= 11 is 0. The molecule has 0 aliphatic rings. The maximum atomic E-state index is 5.66. The Labute approximate surface area is 174 Å². The molecule has 0 aliphatic carbocycles. The van der Waals surface area contributed by atoms with Crippen molar-refractivity contribution >= 4 is 5.96 Å². The van der Waals surface area contributed by atoms with E-state index in [-0.39, 0.29) is 0 Å². The van der Waals surface area contributed by atoms with E-state index in [2.05, 4.69) is 53.7 Å². The lowest BCUT2D eigenvalue weighted by Gasteiger charge is -2.18. The van der Waals surface area contributed by atoms with Crippen LogP contribution in [0, 0.1) is 6.92 Å². The summed E-state index contributed by atoms with van der Waals surface area (Å²) in [4.78, 5) is 4.33. The molecule has 0 aromatic heterocycles. The first-order valence-corrected chi connectivity index (χ1v) is 9.91. The molecule has 0 saturated carbocycles. The Kier molecular flexibility index (Phi) is 8.65. The van der Waals surface area contributed by atoms with Crippen LogP contribution in [0.15, 0.2) is 41.4 Å². The van der Waals surface area contributed by atoms with Crippen molar-refractivity contribution in [1.82, 2.24) is 10.6 Å². The van der Waals surface area contributed by atoms with Crippen LogP contribution in [0.4, 0.5) is 0 Å². The van der Waals surface area contributed by atoms with Gasteiger partial charge in [0.2, 0.25) is 5.75 Å². The van der Waals surface area contributed by atoms with Crippen LogP contribution < -0.4 is 24.8 Å². The first-order chi connectivity index (χ1) is 14.0. The Bertz CT molecular complexity index is 796. The van der Waals surface area contributed by atoms with Crippen molar-refractivity contribution in [3.8, 4) is 17.2 Å². The summed E-state index contributed by atoms with van der Waals surface area (Å²) in [5, 5.41) is 6.74. The molecule has 0 amide bonds. The predicted molar refractivity (Wildman–Crippen MR) is 119 cm³/mol. The molecular formula is C23H33N3O3. The molecule has 29 heavy (non-hydrogen) atoms. The third-order valence-electron chi connectivity index (χ3n) is 4.68. The van der Waals surface area contributed by atoms with E-state index >= 15 is 0 Å². The SMILES string of the molecule is CCOc1c(OC)cc(CNC(=NC)NCC(C)c2cccc(C)c2)cc1OC. The maximum absolute atomic E-state index is 5.66. The lowest BCUT2D eigenvalue weighted by atomic mass is 9.99. The van der Waals surface area contributed by atoms with Crippen LogP contribution in [-0.2, 0) is 6.54 Å². The van der Waals surface area contributed by atoms with Crippen LogP contribution >= 0.6 is 0 Å². The minimum absolute atomic E-state index is 0.374. The van der Waals surface area contributed by atoms with E-state index in [1.54, 1.807) is 21.3 Å². The summed E-state index contributed by atoms with van der Waals surface area (Å²) in [6, 6.07) is 12.5. The molecule has 0 bridgehead atoms. The molecule has 6 nitrogen and oxygen atoms in total. The Hall–Kier alpha value is -2.89. The summed E-state index contributed by atoms with van der Waals surface area (Å²) in [5.41, 5.74) is 3.60. The number of rotatable bonds is 9. The minimum atomic E-state index is 0.374. The molecule has 2 aromatic carbocycles. The summed E-state index contributed by atoms with van der Waals surface area (Å²) < 4.78 is 16.6. The van der Waals surface area contributed by atoms with Crippen LogP contribution in [0.2, 0.25) is 0 Å². The molecule has 0 spiro atoms. The van der Waals surface area contributed by atoms with E-state index in [0.29, 0.717) is 36.3 Å². The molecule has 2 rings (SSSR count). The quantitative estimate of drug-likeness (QED) is 0.495. The zero-order chi connectivity index (χ0) is 21.2. The predicted octanol–water partition coefficient (Wildman–Crippen LogP) is 3.88. The van der Waals surface area contributed by atoms with E-state index in [9.17, 15) is 0 Å². The zero-order valence-electron chi connectivity index (χ0n) is 18.3. The normalized spacial score (nSPS) is 12.3. The summed E-state index contributed by atoms with van der Waals surface area (Å²) in [7, 11) is 5.02. The van der Waals surface area contributed by atoms with Crippen LogP contribution in [0.5, 0.6) is 17.2 Å². The molecule has 6 heteroatoms. The van der Waals surface area contributed by atoms with E-state index < -0.39 is 0 Å². The van der Waals surface area contributed by atoms with Crippen molar-refractivity contribution in [2.75, 3.05) is 34.4 Å². The first-order valence-electron chi connectivity index (χ1n) is 9.91. The number of nitrogens with one attached hydrogen (secondary N) is 2. The topological polar surface area (TPSA) is 64.1 Å². The second-order valence-electron chi connectivity index (χ2n) is 6.88. The first kappa shape index (κ1) is 22.4. The average Bonchev–Trinajstić information content (AvgIpc) is 2.74. The number of aliphatic imine (C=N–C) groups is 1. The molecule has 2 N–H and O–H groups in total. The molecule has 0 saturated heterocycles. The van der Waals surface area contributed by atoms with Gasteiger partial charge in [0.15, 0.2) is 17.5 Å². The fourth-order valence-electron chi connectivity index (χ4n) is 3.07. The van der Waals surface area contributed by atoms with Crippen molar-refractivity contribution in [1.29, 1.82) is 0 Å². The van der Waals surface area contributed by atoms with Crippen molar-refractivity contribution in [3.63, 3.8) is 0 Å². The number of hydrogen-bond donors (Lipinski definition) is 2. The lowest BCUT2D eigenvalue weighted by Crippen LogP contribution is -2.38. The molecule has 0 radical (unpaired) electrons. The fraction of sp³-hybridized carbons (Fsp3) is 0.435. The van der Waals surface area contributed by atoms with Gasteiger partial charge in [0.25, 0.3) is 0 Å². The zero-order valence-corrected chi connectivity index (χ0v) is 18.3. The standard InChI is InChI=1S/C23H33N3O3/c1-7-29-22-20(27-5)12-18(13-21(22)28-6)15-26-23(24-4)25-14-17(3)19-10-8-9-16(2)11-19/h8-13,17H,7,14-15H2,1-6H3,(H2,24,25,26). The van der Waals surface area contributed by atoms with Gasteiger partial charge in [0, 0.05) is 20.1 Å². The second kappa shape index (κ2) is 11.2. The van der Waals surface area contributed by atoms with Crippen LogP contribution in [0.25, 0.3) is 0 Å². The van der Waals surface area contributed by atoms with Crippen molar-refractivity contribution < 1.29 is 14.2 Å². The Balaban J connectivity index is 2.00. The molecule has 0 fully saturated rings. The van der Waals surface area contributed by atoms with Gasteiger partial charge in [-0.25, -0.2) is 0 Å². The van der Waals surface area contributed by atoms with E-state index in [1.165, 1.54) is 11.1 Å². The molecule has 1 unspecified atom stereocenters. The van der Waals surface area contributed by atoms with Gasteiger partial charge >= 0.3 is 0 Å². The van der Waals surface area contributed by atoms with Crippen molar-refractivity contribution in [2.45, 2.75) is 33.2 Å². The number of methoxy groups -OCH3 is 2. The second-order valence-corrected chi connectivity index (χ2v) is 6.88. The molecule has 158 valence electrons. The van der Waals surface area contributed by atoms with Gasteiger partial charge in [-0.3, -0.25) is 4.99 Å².